The lowest BCUT2D eigenvalue weighted by Gasteiger charge is -2.35. The van der Waals surface area contributed by atoms with Gasteiger partial charge in [-0.25, -0.2) is 14.6 Å². The average molecular weight is 495 g/mol. The number of aromatic nitrogens is 4. The van der Waals surface area contributed by atoms with E-state index in [1.54, 1.807) is 11.3 Å². The van der Waals surface area contributed by atoms with Crippen molar-refractivity contribution < 1.29 is 4.79 Å². The van der Waals surface area contributed by atoms with Gasteiger partial charge in [-0.05, 0) is 29.1 Å². The lowest BCUT2D eigenvalue weighted by molar-refractivity contribution is -0.130. The van der Waals surface area contributed by atoms with E-state index in [9.17, 15) is 4.79 Å². The predicted molar refractivity (Wildman–Crippen MR) is 143 cm³/mol. The number of piperazine rings is 1. The number of hydrogen-bond donors (Lipinski definition) is 0. The average Bonchev–Trinajstić information content (AvgIpc) is 3.59. The first kappa shape index (κ1) is 22.4. The van der Waals surface area contributed by atoms with Crippen LogP contribution in [0.3, 0.4) is 0 Å². The minimum atomic E-state index is 0.187. The summed E-state index contributed by atoms with van der Waals surface area (Å²) in [4.78, 5) is 28.1. The van der Waals surface area contributed by atoms with Crippen molar-refractivity contribution in [3.63, 3.8) is 0 Å². The number of carbonyl (C=O) groups excluding carboxylic acids is 1. The molecule has 4 heterocycles. The molecule has 2 aromatic carbocycles. The van der Waals surface area contributed by atoms with Crippen LogP contribution in [0, 0.1) is 0 Å². The Hall–Kier alpha value is -4.04. The van der Waals surface area contributed by atoms with Crippen LogP contribution < -0.4 is 4.90 Å². The third-order valence-electron chi connectivity index (χ3n) is 6.50. The summed E-state index contributed by atoms with van der Waals surface area (Å²) < 4.78 is 1.88. The van der Waals surface area contributed by atoms with Gasteiger partial charge in [-0.15, -0.1) is 11.3 Å². The molecule has 0 unspecified atom stereocenters. The number of para-hydroxylation sites is 1. The van der Waals surface area contributed by atoms with Gasteiger partial charge < -0.3 is 9.80 Å². The molecule has 1 aliphatic heterocycles. The zero-order valence-corrected chi connectivity index (χ0v) is 20.6. The molecule has 3 aromatic heterocycles. The zero-order chi connectivity index (χ0) is 24.3. The van der Waals surface area contributed by atoms with Gasteiger partial charge in [0.05, 0.1) is 23.7 Å². The topological polar surface area (TPSA) is 67.2 Å². The number of fused-ring (bicyclic) bond motifs is 1. The quantitative estimate of drug-likeness (QED) is 0.351. The van der Waals surface area contributed by atoms with Crippen LogP contribution in [0.25, 0.3) is 16.7 Å². The highest BCUT2D eigenvalue weighted by Crippen LogP contribution is 2.27. The van der Waals surface area contributed by atoms with Gasteiger partial charge in [-0.2, -0.15) is 5.10 Å². The van der Waals surface area contributed by atoms with Crippen LogP contribution in [0.5, 0.6) is 0 Å². The van der Waals surface area contributed by atoms with Crippen LogP contribution >= 0.6 is 11.3 Å². The van der Waals surface area contributed by atoms with Gasteiger partial charge in [0.2, 0.25) is 5.91 Å². The molecule has 1 saturated heterocycles. The van der Waals surface area contributed by atoms with Crippen molar-refractivity contribution in [3.05, 3.63) is 101 Å². The van der Waals surface area contributed by atoms with Gasteiger partial charge in [-0.1, -0.05) is 54.6 Å². The highest BCUT2D eigenvalue weighted by molar-refractivity contribution is 7.10. The van der Waals surface area contributed by atoms with E-state index < -0.39 is 0 Å². The first-order valence-corrected chi connectivity index (χ1v) is 13.0. The third-order valence-corrected chi connectivity index (χ3v) is 7.37. The Labute approximate surface area is 213 Å². The smallest absolute Gasteiger partial charge is 0.227 e. The van der Waals surface area contributed by atoms with Gasteiger partial charge in [0, 0.05) is 37.5 Å². The molecule has 1 fully saturated rings. The third kappa shape index (κ3) is 4.59. The van der Waals surface area contributed by atoms with Crippen LogP contribution in [0.2, 0.25) is 0 Å². The fraction of sp³-hybridized carbons (Fsp3) is 0.214. The molecule has 0 atom stereocenters. The van der Waals surface area contributed by atoms with Crippen molar-refractivity contribution in [2.75, 3.05) is 31.1 Å². The van der Waals surface area contributed by atoms with E-state index >= 15 is 0 Å². The summed E-state index contributed by atoms with van der Waals surface area (Å²) in [5.74, 6) is 1.84. The van der Waals surface area contributed by atoms with E-state index in [4.69, 9.17) is 9.97 Å². The zero-order valence-electron chi connectivity index (χ0n) is 19.8. The lowest BCUT2D eigenvalue weighted by atomic mass is 10.1. The molecule has 0 saturated carbocycles. The molecular weight excluding hydrogens is 468 g/mol. The molecule has 1 amide bonds. The second-order valence-electron chi connectivity index (χ2n) is 8.88. The number of rotatable bonds is 6. The van der Waals surface area contributed by atoms with E-state index in [0.717, 1.165) is 51.9 Å². The Bertz CT molecular complexity index is 1460. The van der Waals surface area contributed by atoms with Crippen molar-refractivity contribution in [2.24, 2.45) is 0 Å². The van der Waals surface area contributed by atoms with Crippen molar-refractivity contribution >= 4 is 34.1 Å². The minimum absolute atomic E-state index is 0.187. The summed E-state index contributed by atoms with van der Waals surface area (Å²) >= 11 is 1.63. The monoisotopic (exact) mass is 494 g/mol. The minimum Gasteiger partial charge on any atom is -0.352 e. The van der Waals surface area contributed by atoms with Crippen molar-refractivity contribution in [1.82, 2.24) is 24.6 Å². The Morgan fingerprint density at radius 2 is 1.61 bits per heavy atom. The lowest BCUT2D eigenvalue weighted by Crippen LogP contribution is -2.49. The standard InChI is InChI=1S/C28H26N6OS/c35-26(19-23-12-7-17-36-23)32-13-15-33(16-14-32)27-24-20-29-34(22-10-5-2-6-11-22)28(24)31-25(30-27)18-21-8-3-1-4-9-21/h1-12,17,20H,13-16,18-19H2. The molecule has 6 rings (SSSR count). The number of nitrogens with zero attached hydrogens (tertiary/aromatic N) is 6. The Morgan fingerprint density at radius 1 is 0.861 bits per heavy atom. The van der Waals surface area contributed by atoms with Crippen LogP contribution in [-0.4, -0.2) is 56.7 Å². The first-order valence-electron chi connectivity index (χ1n) is 12.1. The number of hydrogen-bond acceptors (Lipinski definition) is 6. The predicted octanol–water partition coefficient (Wildman–Crippen LogP) is 4.36. The van der Waals surface area contributed by atoms with Gasteiger partial charge in [-0.3, -0.25) is 4.79 Å². The van der Waals surface area contributed by atoms with E-state index in [0.29, 0.717) is 25.9 Å². The molecule has 5 aromatic rings. The number of amides is 1. The molecule has 0 bridgehead atoms. The normalized spacial score (nSPS) is 13.9. The SMILES string of the molecule is O=C(Cc1cccs1)N1CCN(c2nc(Cc3ccccc3)nc3c2cnn3-c2ccccc2)CC1. The summed E-state index contributed by atoms with van der Waals surface area (Å²) in [6.07, 6.45) is 2.97. The number of thiophene rings is 1. The molecule has 36 heavy (non-hydrogen) atoms. The summed E-state index contributed by atoms with van der Waals surface area (Å²) in [7, 11) is 0. The van der Waals surface area contributed by atoms with Crippen LogP contribution in [0.1, 0.15) is 16.3 Å². The largest absolute Gasteiger partial charge is 0.352 e. The highest BCUT2D eigenvalue weighted by Gasteiger charge is 2.25. The molecule has 0 N–H and O–H groups in total. The van der Waals surface area contributed by atoms with E-state index in [2.05, 4.69) is 22.1 Å². The van der Waals surface area contributed by atoms with Gasteiger partial charge >= 0.3 is 0 Å². The summed E-state index contributed by atoms with van der Waals surface area (Å²) in [6, 6.07) is 24.4. The molecule has 1 aliphatic rings. The fourth-order valence-corrected chi connectivity index (χ4v) is 5.33. The van der Waals surface area contributed by atoms with E-state index in [-0.39, 0.29) is 5.91 Å². The molecule has 180 valence electrons. The van der Waals surface area contributed by atoms with E-state index in [1.165, 1.54) is 0 Å². The van der Waals surface area contributed by atoms with Gasteiger partial charge in [0.25, 0.3) is 0 Å². The van der Waals surface area contributed by atoms with Crippen LogP contribution in [0.4, 0.5) is 5.82 Å². The fourth-order valence-electron chi connectivity index (χ4n) is 4.64. The number of benzene rings is 2. The Kier molecular flexibility index (Phi) is 6.17. The van der Waals surface area contributed by atoms with Crippen molar-refractivity contribution in [2.45, 2.75) is 12.8 Å². The summed E-state index contributed by atoms with van der Waals surface area (Å²) in [5.41, 5.74) is 2.93. The molecular formula is C28H26N6OS. The maximum Gasteiger partial charge on any atom is 0.227 e. The molecule has 0 spiro atoms. The van der Waals surface area contributed by atoms with Crippen molar-refractivity contribution in [3.8, 4) is 5.69 Å². The van der Waals surface area contributed by atoms with Crippen LogP contribution in [-0.2, 0) is 17.6 Å². The second kappa shape index (κ2) is 9.91. The second-order valence-corrected chi connectivity index (χ2v) is 9.91. The molecule has 0 radical (unpaired) electrons. The first-order chi connectivity index (χ1) is 17.7. The van der Waals surface area contributed by atoms with E-state index in [1.807, 2.05) is 81.8 Å². The molecule has 8 heteroatoms. The molecule has 0 aliphatic carbocycles. The van der Waals surface area contributed by atoms with Crippen molar-refractivity contribution in [1.29, 1.82) is 0 Å². The number of carbonyl (C=O) groups is 1. The highest BCUT2D eigenvalue weighted by atomic mass is 32.1. The maximum absolute atomic E-state index is 12.8. The van der Waals surface area contributed by atoms with Gasteiger partial charge in [0.15, 0.2) is 5.65 Å². The molecule has 7 nitrogen and oxygen atoms in total. The van der Waals surface area contributed by atoms with Crippen LogP contribution in [0.15, 0.2) is 84.4 Å². The Balaban J connectivity index is 1.30. The summed E-state index contributed by atoms with van der Waals surface area (Å²) in [6.45, 7) is 2.81. The Morgan fingerprint density at radius 3 is 2.33 bits per heavy atom. The maximum atomic E-state index is 12.8. The summed E-state index contributed by atoms with van der Waals surface area (Å²) in [5, 5.41) is 7.62. The van der Waals surface area contributed by atoms with Gasteiger partial charge in [0.1, 0.15) is 11.6 Å². The number of anilines is 1.